The van der Waals surface area contributed by atoms with Crippen LogP contribution >= 0.6 is 0 Å². The summed E-state index contributed by atoms with van der Waals surface area (Å²) in [6, 6.07) is 9.05. The summed E-state index contributed by atoms with van der Waals surface area (Å²) in [6.45, 7) is 0. The Bertz CT molecular complexity index is 857. The van der Waals surface area contributed by atoms with Gasteiger partial charge in [-0.3, -0.25) is 0 Å². The van der Waals surface area contributed by atoms with Gasteiger partial charge in [0.15, 0.2) is 34.9 Å². The van der Waals surface area contributed by atoms with Crippen molar-refractivity contribution in [3.8, 4) is 22.3 Å². The summed E-state index contributed by atoms with van der Waals surface area (Å²) < 4.78 is 81.2. The zero-order valence-electron chi connectivity index (χ0n) is 11.9. The molecule has 6 heteroatoms. The van der Waals surface area contributed by atoms with Crippen molar-refractivity contribution in [1.82, 2.24) is 0 Å². The van der Waals surface area contributed by atoms with Crippen molar-refractivity contribution < 1.29 is 26.3 Å². The third-order valence-corrected chi connectivity index (χ3v) is 3.58. The Morgan fingerprint density at radius 3 is 1.12 bits per heavy atom. The van der Waals surface area contributed by atoms with E-state index in [1.165, 1.54) is 24.3 Å². The summed E-state index contributed by atoms with van der Waals surface area (Å²) in [7, 11) is 0. The lowest BCUT2D eigenvalue weighted by Gasteiger charge is -2.12. The second kappa shape index (κ2) is 6.03. The first-order valence-electron chi connectivity index (χ1n) is 6.78. The van der Waals surface area contributed by atoms with Crippen molar-refractivity contribution in [2.45, 2.75) is 0 Å². The Morgan fingerprint density at radius 2 is 0.750 bits per heavy atom. The molecule has 0 radical (unpaired) electrons. The molecule has 0 saturated carbocycles. The minimum Gasteiger partial charge on any atom is -0.204 e. The van der Waals surface area contributed by atoms with Gasteiger partial charge in [-0.15, -0.1) is 0 Å². The Labute approximate surface area is 133 Å². The van der Waals surface area contributed by atoms with Crippen molar-refractivity contribution in [2.75, 3.05) is 0 Å². The predicted octanol–water partition coefficient (Wildman–Crippen LogP) is 5.86. The van der Waals surface area contributed by atoms with Crippen molar-refractivity contribution >= 4 is 0 Å². The fourth-order valence-electron chi connectivity index (χ4n) is 2.42. The molecule has 0 atom stereocenters. The number of rotatable bonds is 2. The van der Waals surface area contributed by atoms with Crippen LogP contribution in [0.3, 0.4) is 0 Å². The van der Waals surface area contributed by atoms with E-state index >= 15 is 0 Å². The molecule has 0 fully saturated rings. The van der Waals surface area contributed by atoms with Gasteiger partial charge in [0.2, 0.25) is 0 Å². The Morgan fingerprint density at radius 1 is 0.375 bits per heavy atom. The molecule has 0 bridgehead atoms. The van der Waals surface area contributed by atoms with Gasteiger partial charge in [-0.2, -0.15) is 0 Å². The van der Waals surface area contributed by atoms with Gasteiger partial charge in [0.05, 0.1) is 0 Å². The second-order valence-electron chi connectivity index (χ2n) is 4.99. The van der Waals surface area contributed by atoms with Crippen molar-refractivity contribution in [3.05, 3.63) is 83.4 Å². The van der Waals surface area contributed by atoms with Crippen LogP contribution in [0.4, 0.5) is 26.3 Å². The van der Waals surface area contributed by atoms with Crippen LogP contribution in [0.2, 0.25) is 0 Å². The Hall–Kier alpha value is -2.76. The first-order chi connectivity index (χ1) is 11.4. The summed E-state index contributed by atoms with van der Waals surface area (Å²) >= 11 is 0. The molecule has 0 amide bonds. The van der Waals surface area contributed by atoms with Gasteiger partial charge in [-0.25, -0.2) is 26.3 Å². The molecule has 0 nitrogen and oxygen atoms in total. The normalized spacial score (nSPS) is 10.9. The van der Waals surface area contributed by atoms with Crippen molar-refractivity contribution in [3.63, 3.8) is 0 Å². The maximum atomic E-state index is 14.0. The highest BCUT2D eigenvalue weighted by molar-refractivity contribution is 5.84. The highest BCUT2D eigenvalue weighted by Gasteiger charge is 2.20. The largest absolute Gasteiger partial charge is 0.204 e. The van der Waals surface area contributed by atoms with Gasteiger partial charge in [0.1, 0.15) is 0 Å². The van der Waals surface area contributed by atoms with Crippen molar-refractivity contribution in [1.29, 1.82) is 0 Å². The number of halogens is 6. The van der Waals surface area contributed by atoms with Crippen LogP contribution in [0.15, 0.2) is 48.5 Å². The molecule has 3 aromatic carbocycles. The van der Waals surface area contributed by atoms with E-state index in [-0.39, 0.29) is 22.3 Å². The maximum Gasteiger partial charge on any atom is 0.195 e. The molecule has 3 rings (SSSR count). The fraction of sp³-hybridized carbons (Fsp3) is 0. The summed E-state index contributed by atoms with van der Waals surface area (Å²) in [6.07, 6.45) is 0. The van der Waals surface area contributed by atoms with E-state index in [0.29, 0.717) is 0 Å². The highest BCUT2D eigenvalue weighted by Crippen LogP contribution is 2.36. The smallest absolute Gasteiger partial charge is 0.195 e. The Balaban J connectivity index is 2.28. The molecule has 122 valence electrons. The third-order valence-electron chi connectivity index (χ3n) is 3.58. The maximum absolute atomic E-state index is 14.0. The third kappa shape index (κ3) is 2.54. The molecule has 0 N–H and O–H groups in total. The van der Waals surface area contributed by atoms with E-state index in [0.717, 1.165) is 24.3 Å². The van der Waals surface area contributed by atoms with Gasteiger partial charge in [0, 0.05) is 11.1 Å². The number of hydrogen-bond acceptors (Lipinski definition) is 0. The zero-order chi connectivity index (χ0) is 17.4. The number of benzene rings is 3. The van der Waals surface area contributed by atoms with Crippen LogP contribution in [0, 0.1) is 34.9 Å². The Kier molecular flexibility index (Phi) is 4.05. The topological polar surface area (TPSA) is 0 Å². The molecule has 0 saturated heterocycles. The second-order valence-corrected chi connectivity index (χ2v) is 4.99. The number of hydrogen-bond donors (Lipinski definition) is 0. The van der Waals surface area contributed by atoms with Crippen LogP contribution in [0.25, 0.3) is 22.3 Å². The molecule has 0 heterocycles. The average molecular weight is 338 g/mol. The van der Waals surface area contributed by atoms with E-state index in [1.807, 2.05) is 0 Å². The van der Waals surface area contributed by atoms with Gasteiger partial charge in [-0.1, -0.05) is 24.3 Å². The van der Waals surface area contributed by atoms with E-state index < -0.39 is 34.9 Å². The molecule has 0 spiro atoms. The lowest BCUT2D eigenvalue weighted by atomic mass is 9.93. The highest BCUT2D eigenvalue weighted by atomic mass is 19.2. The summed E-state index contributed by atoms with van der Waals surface area (Å²) in [5.41, 5.74) is -0.625. The summed E-state index contributed by atoms with van der Waals surface area (Å²) in [4.78, 5) is 0. The summed E-state index contributed by atoms with van der Waals surface area (Å²) in [5.74, 6) is -8.99. The lowest BCUT2D eigenvalue weighted by Crippen LogP contribution is -1.98. The van der Waals surface area contributed by atoms with Crippen LogP contribution < -0.4 is 0 Å². The standard InChI is InChI=1S/C18H8F6/c19-13-7-5-11(15(21)17(13)23)9-3-1-2-4-10(9)12-6-8-14(20)18(24)16(12)22/h1-8H. The molecule has 3 aromatic rings. The monoisotopic (exact) mass is 338 g/mol. The van der Waals surface area contributed by atoms with Crippen molar-refractivity contribution in [2.24, 2.45) is 0 Å². The molecule has 0 aliphatic carbocycles. The van der Waals surface area contributed by atoms with Crippen LogP contribution in [-0.2, 0) is 0 Å². The first-order valence-corrected chi connectivity index (χ1v) is 6.78. The minimum atomic E-state index is -1.67. The van der Waals surface area contributed by atoms with Gasteiger partial charge in [0.25, 0.3) is 0 Å². The molecular formula is C18H8F6. The van der Waals surface area contributed by atoms with Gasteiger partial charge in [-0.05, 0) is 35.4 Å². The quantitative estimate of drug-likeness (QED) is 0.406. The SMILES string of the molecule is Fc1ccc(-c2ccccc2-c2ccc(F)c(F)c2F)c(F)c1F. The molecular weight excluding hydrogens is 330 g/mol. The van der Waals surface area contributed by atoms with Gasteiger partial charge < -0.3 is 0 Å². The fourth-order valence-corrected chi connectivity index (χ4v) is 2.42. The van der Waals surface area contributed by atoms with E-state index in [9.17, 15) is 26.3 Å². The molecule has 0 unspecified atom stereocenters. The van der Waals surface area contributed by atoms with Crippen LogP contribution in [0.1, 0.15) is 0 Å². The molecule has 0 aromatic heterocycles. The molecule has 0 aliphatic rings. The minimum absolute atomic E-state index is 0.0128. The van der Waals surface area contributed by atoms with Crippen LogP contribution in [0.5, 0.6) is 0 Å². The van der Waals surface area contributed by atoms with Crippen LogP contribution in [-0.4, -0.2) is 0 Å². The predicted molar refractivity (Wildman–Crippen MR) is 77.1 cm³/mol. The lowest BCUT2D eigenvalue weighted by molar-refractivity contribution is 0.448. The van der Waals surface area contributed by atoms with E-state index in [4.69, 9.17) is 0 Å². The van der Waals surface area contributed by atoms with E-state index in [1.54, 1.807) is 0 Å². The molecule has 24 heavy (non-hydrogen) atoms. The zero-order valence-corrected chi connectivity index (χ0v) is 11.9. The molecule has 0 aliphatic heterocycles. The van der Waals surface area contributed by atoms with Gasteiger partial charge >= 0.3 is 0 Å². The first kappa shape index (κ1) is 16.1. The summed E-state index contributed by atoms with van der Waals surface area (Å²) in [5, 5.41) is 0. The average Bonchev–Trinajstić information content (AvgIpc) is 2.58. The van der Waals surface area contributed by atoms with E-state index in [2.05, 4.69) is 0 Å².